The van der Waals surface area contributed by atoms with Crippen LogP contribution in [0.2, 0.25) is 25.2 Å². The van der Waals surface area contributed by atoms with Crippen molar-refractivity contribution in [3.05, 3.63) is 12.2 Å². The highest BCUT2D eigenvalue weighted by Gasteiger charge is 2.42. The van der Waals surface area contributed by atoms with Crippen molar-refractivity contribution in [3.8, 4) is 0 Å². The molecule has 0 saturated heterocycles. The van der Waals surface area contributed by atoms with Crippen LogP contribution in [0.15, 0.2) is 12.2 Å². The molecule has 1 fully saturated rings. The fraction of sp³-hybridized carbons (Fsp3) is 0.800. The maximum absolute atomic E-state index is 2.47. The molecule has 2 rings (SSSR count). The molecule has 0 aliphatic heterocycles. The summed E-state index contributed by atoms with van der Waals surface area (Å²) < 4.78 is 0. The summed E-state index contributed by atoms with van der Waals surface area (Å²) in [5.74, 6) is 1.07. The van der Waals surface area contributed by atoms with Gasteiger partial charge in [0.2, 0.25) is 0 Å². The van der Waals surface area contributed by atoms with Crippen molar-refractivity contribution >= 4 is 8.07 Å². The van der Waals surface area contributed by atoms with Gasteiger partial charge in [0, 0.05) is 8.07 Å². The highest BCUT2D eigenvalue weighted by atomic mass is 28.3. The normalized spacial score (nSPS) is 32.4. The molecule has 2 atom stereocenters. The third kappa shape index (κ3) is 3.75. The van der Waals surface area contributed by atoms with E-state index in [0.717, 1.165) is 11.5 Å². The van der Waals surface area contributed by atoms with Gasteiger partial charge < -0.3 is 0 Å². The first-order valence-corrected chi connectivity index (χ1v) is 8.24. The molecule has 2 aliphatic rings. The van der Waals surface area contributed by atoms with Crippen LogP contribution < -0.4 is 0 Å². The minimum atomic E-state index is -0.687. The summed E-state index contributed by atoms with van der Waals surface area (Å²) in [5, 5.41) is 0. The summed E-state index contributed by atoms with van der Waals surface area (Å²) in [4.78, 5) is 0. The Bertz CT molecular complexity index is 149. The molecule has 0 bridgehead atoms. The van der Waals surface area contributed by atoms with E-state index < -0.39 is 8.07 Å². The first-order chi connectivity index (χ1) is 5.02. The van der Waals surface area contributed by atoms with Crippen molar-refractivity contribution < 1.29 is 0 Å². The van der Waals surface area contributed by atoms with Crippen molar-refractivity contribution in [3.63, 3.8) is 0 Å². The molecule has 0 spiro atoms. The van der Waals surface area contributed by atoms with Gasteiger partial charge in [-0.25, -0.2) is 0 Å². The zero-order chi connectivity index (χ0) is 8.48. The first-order valence-electron chi connectivity index (χ1n) is 4.67. The molecule has 64 valence electrons. The van der Waals surface area contributed by atoms with Crippen molar-refractivity contribution in [2.75, 3.05) is 0 Å². The standard InChI is InChI=1S/C7H16Si.C3H4/c1-6-5-7(6)8(2,3)4;1-2-3-1/h6-7H,5H2,1-4H3;1-2H,3H2. The van der Waals surface area contributed by atoms with E-state index in [2.05, 4.69) is 38.7 Å². The van der Waals surface area contributed by atoms with Crippen LogP contribution >= 0.6 is 0 Å². The lowest BCUT2D eigenvalue weighted by molar-refractivity contribution is 0.968. The lowest BCUT2D eigenvalue weighted by Crippen LogP contribution is -2.20. The molecule has 0 aromatic carbocycles. The number of hydrogen-bond donors (Lipinski definition) is 0. The Morgan fingerprint density at radius 3 is 1.55 bits per heavy atom. The second-order valence-electron chi connectivity index (χ2n) is 4.89. The zero-order valence-corrected chi connectivity index (χ0v) is 9.22. The van der Waals surface area contributed by atoms with Gasteiger partial charge in [-0.15, -0.1) is 0 Å². The predicted molar refractivity (Wildman–Crippen MR) is 54.6 cm³/mol. The van der Waals surface area contributed by atoms with Gasteiger partial charge in [-0.1, -0.05) is 38.7 Å². The van der Waals surface area contributed by atoms with Crippen LogP contribution in [0.4, 0.5) is 0 Å². The van der Waals surface area contributed by atoms with Crippen LogP contribution in [0.1, 0.15) is 19.8 Å². The molecule has 0 aromatic rings. The molecular weight excluding hydrogens is 148 g/mol. The molecule has 0 aromatic heterocycles. The average molecular weight is 168 g/mol. The van der Waals surface area contributed by atoms with E-state index in [1.54, 1.807) is 0 Å². The van der Waals surface area contributed by atoms with Crippen molar-refractivity contribution in [2.24, 2.45) is 5.92 Å². The highest BCUT2D eigenvalue weighted by molar-refractivity contribution is 6.78. The molecule has 0 nitrogen and oxygen atoms in total. The monoisotopic (exact) mass is 168 g/mol. The summed E-state index contributed by atoms with van der Waals surface area (Å²) in [6.45, 7) is 9.80. The van der Waals surface area contributed by atoms with Gasteiger partial charge in [0.05, 0.1) is 0 Å². The van der Waals surface area contributed by atoms with E-state index in [-0.39, 0.29) is 0 Å². The van der Waals surface area contributed by atoms with Gasteiger partial charge in [0.1, 0.15) is 0 Å². The van der Waals surface area contributed by atoms with Crippen molar-refractivity contribution in [1.82, 2.24) is 0 Å². The van der Waals surface area contributed by atoms with Crippen molar-refractivity contribution in [2.45, 2.75) is 44.9 Å². The van der Waals surface area contributed by atoms with Gasteiger partial charge >= 0.3 is 0 Å². The van der Waals surface area contributed by atoms with E-state index >= 15 is 0 Å². The zero-order valence-electron chi connectivity index (χ0n) is 8.22. The largest absolute Gasteiger partial charge is 0.0844 e. The van der Waals surface area contributed by atoms with E-state index in [1.165, 1.54) is 12.8 Å². The highest BCUT2D eigenvalue weighted by Crippen LogP contribution is 2.50. The van der Waals surface area contributed by atoms with Crippen LogP contribution in [0.25, 0.3) is 0 Å². The molecule has 0 radical (unpaired) electrons. The van der Waals surface area contributed by atoms with Gasteiger partial charge in [-0.3, -0.25) is 0 Å². The van der Waals surface area contributed by atoms with Crippen LogP contribution in [-0.4, -0.2) is 8.07 Å². The summed E-state index contributed by atoms with van der Waals surface area (Å²) in [6, 6.07) is 0. The minimum Gasteiger partial charge on any atom is -0.0844 e. The van der Waals surface area contributed by atoms with Crippen LogP contribution in [0.3, 0.4) is 0 Å². The molecule has 2 aliphatic carbocycles. The van der Waals surface area contributed by atoms with Crippen molar-refractivity contribution in [1.29, 1.82) is 0 Å². The first kappa shape index (κ1) is 9.05. The van der Waals surface area contributed by atoms with E-state index in [0.29, 0.717) is 0 Å². The smallest absolute Gasteiger partial charge is 0.0476 e. The minimum absolute atomic E-state index is 0.687. The Labute approximate surface area is 71.7 Å². The SMILES string of the molecule is C1=CC1.CC1CC1[Si](C)(C)C. The second-order valence-corrected chi connectivity index (χ2v) is 10.4. The third-order valence-corrected chi connectivity index (χ3v) is 5.49. The summed E-state index contributed by atoms with van der Waals surface area (Å²) >= 11 is 0. The van der Waals surface area contributed by atoms with E-state index in [4.69, 9.17) is 0 Å². The van der Waals surface area contributed by atoms with E-state index in [1.807, 2.05) is 0 Å². The van der Waals surface area contributed by atoms with Gasteiger partial charge in [-0.05, 0) is 24.3 Å². The van der Waals surface area contributed by atoms with Gasteiger partial charge in [0.15, 0.2) is 0 Å². The van der Waals surface area contributed by atoms with Crippen LogP contribution in [0, 0.1) is 5.92 Å². The van der Waals surface area contributed by atoms with Gasteiger partial charge in [0.25, 0.3) is 0 Å². The number of hydrogen-bond acceptors (Lipinski definition) is 0. The molecule has 0 heterocycles. The summed E-state index contributed by atoms with van der Waals surface area (Å²) in [5.41, 5.74) is 1.16. The third-order valence-electron chi connectivity index (χ3n) is 2.46. The Balaban J connectivity index is 0.000000167. The molecule has 2 unspecified atom stereocenters. The Morgan fingerprint density at radius 1 is 1.18 bits per heavy atom. The molecular formula is C10H20Si. The Hall–Kier alpha value is -0.0431. The summed E-state index contributed by atoms with van der Waals surface area (Å²) in [6.07, 6.45) is 7.02. The molecule has 0 amide bonds. The summed E-state index contributed by atoms with van der Waals surface area (Å²) in [7, 11) is -0.687. The van der Waals surface area contributed by atoms with Gasteiger partial charge in [-0.2, -0.15) is 0 Å². The Kier molecular flexibility index (Phi) is 2.58. The quantitative estimate of drug-likeness (QED) is 0.414. The maximum Gasteiger partial charge on any atom is 0.0476 e. The topological polar surface area (TPSA) is 0 Å². The fourth-order valence-electron chi connectivity index (χ4n) is 1.53. The number of allylic oxidation sites excluding steroid dienone is 2. The number of rotatable bonds is 1. The van der Waals surface area contributed by atoms with Crippen LogP contribution in [-0.2, 0) is 0 Å². The lowest BCUT2D eigenvalue weighted by Gasteiger charge is -2.13. The predicted octanol–water partition coefficient (Wildman–Crippen LogP) is 3.68. The fourth-order valence-corrected chi connectivity index (χ4v) is 4.32. The van der Waals surface area contributed by atoms with E-state index in [9.17, 15) is 0 Å². The lowest BCUT2D eigenvalue weighted by atomic mass is 10.5. The maximum atomic E-state index is 2.47. The Morgan fingerprint density at radius 2 is 1.55 bits per heavy atom. The average Bonchev–Trinajstić information content (AvgIpc) is 2.55. The van der Waals surface area contributed by atoms with Crippen LogP contribution in [0.5, 0.6) is 0 Å². The molecule has 1 heteroatoms. The molecule has 11 heavy (non-hydrogen) atoms. The second kappa shape index (κ2) is 3.14. The molecule has 1 saturated carbocycles. The molecule has 0 N–H and O–H groups in total.